The summed E-state index contributed by atoms with van der Waals surface area (Å²) in [7, 11) is 0. The normalized spacial score (nSPS) is 11.7. The first kappa shape index (κ1) is 19.1. The lowest BCUT2D eigenvalue weighted by Crippen LogP contribution is -2.02. The van der Waals surface area contributed by atoms with Gasteiger partial charge in [0.05, 0.1) is 5.69 Å². The number of benzene rings is 3. The first-order valence-electron chi connectivity index (χ1n) is 9.84. The number of aromatic nitrogens is 3. The smallest absolute Gasteiger partial charge is 0.126 e. The van der Waals surface area contributed by atoms with Crippen molar-refractivity contribution in [3.8, 4) is 22.6 Å². The van der Waals surface area contributed by atoms with Crippen molar-refractivity contribution in [2.45, 2.75) is 39.5 Å². The van der Waals surface area contributed by atoms with Crippen molar-refractivity contribution in [1.29, 1.82) is 0 Å². The molecule has 0 atom stereocenters. The summed E-state index contributed by atoms with van der Waals surface area (Å²) in [6.45, 7) is 8.43. The van der Waals surface area contributed by atoms with Crippen LogP contribution in [0.2, 0.25) is 0 Å². The van der Waals surface area contributed by atoms with Crippen LogP contribution in [0.5, 0.6) is 5.75 Å². The Morgan fingerprint density at radius 1 is 0.828 bits per heavy atom. The van der Waals surface area contributed by atoms with Gasteiger partial charge in [0.2, 0.25) is 0 Å². The number of hydrogen-bond donors (Lipinski definition) is 1. The second-order valence-corrected chi connectivity index (χ2v) is 7.96. The Bertz CT molecular complexity index is 1190. The number of rotatable bonds is 4. The third-order valence-electron chi connectivity index (χ3n) is 5.20. The molecular formula is C24H24FN3O. The van der Waals surface area contributed by atoms with E-state index in [0.717, 1.165) is 27.9 Å². The van der Waals surface area contributed by atoms with Crippen molar-refractivity contribution in [1.82, 2.24) is 15.0 Å². The van der Waals surface area contributed by atoms with Gasteiger partial charge in [-0.25, -0.2) is 4.39 Å². The molecule has 0 spiro atoms. The molecule has 5 heteroatoms. The summed E-state index contributed by atoms with van der Waals surface area (Å²) in [6.07, 6.45) is 0. The number of phenolic OH excluding ortho intramolecular Hbond substituents is 1. The third-order valence-corrected chi connectivity index (χ3v) is 5.20. The number of halogens is 1. The molecular weight excluding hydrogens is 365 g/mol. The van der Waals surface area contributed by atoms with Crippen LogP contribution < -0.4 is 0 Å². The van der Waals surface area contributed by atoms with E-state index in [1.54, 1.807) is 6.07 Å². The number of fused-ring (bicyclic) bond motifs is 1. The monoisotopic (exact) mass is 389 g/mol. The minimum absolute atomic E-state index is 0.188. The summed E-state index contributed by atoms with van der Waals surface area (Å²) in [4.78, 5) is 1.51. The van der Waals surface area contributed by atoms with Crippen molar-refractivity contribution >= 4 is 11.0 Å². The van der Waals surface area contributed by atoms with Crippen LogP contribution in [0, 0.1) is 5.82 Å². The Balaban J connectivity index is 1.95. The van der Waals surface area contributed by atoms with Crippen LogP contribution in [0.4, 0.5) is 4.39 Å². The highest BCUT2D eigenvalue weighted by Crippen LogP contribution is 2.40. The van der Waals surface area contributed by atoms with Crippen LogP contribution in [0.3, 0.4) is 0 Å². The highest BCUT2D eigenvalue weighted by atomic mass is 19.1. The molecule has 4 aromatic rings. The van der Waals surface area contributed by atoms with Gasteiger partial charge in [0.1, 0.15) is 22.6 Å². The number of para-hydroxylation sites is 1. The Morgan fingerprint density at radius 2 is 1.55 bits per heavy atom. The van der Waals surface area contributed by atoms with Gasteiger partial charge < -0.3 is 5.11 Å². The zero-order valence-corrected chi connectivity index (χ0v) is 17.0. The largest absolute Gasteiger partial charge is 0.507 e. The van der Waals surface area contributed by atoms with Crippen LogP contribution >= 0.6 is 0 Å². The molecule has 0 saturated heterocycles. The fraction of sp³-hybridized carbons (Fsp3) is 0.250. The topological polar surface area (TPSA) is 50.9 Å². The molecule has 0 aliphatic carbocycles. The molecule has 4 nitrogen and oxygen atoms in total. The Morgan fingerprint density at radius 3 is 2.28 bits per heavy atom. The van der Waals surface area contributed by atoms with E-state index in [0.29, 0.717) is 17.0 Å². The van der Waals surface area contributed by atoms with E-state index < -0.39 is 0 Å². The molecule has 1 heterocycles. The average molecular weight is 389 g/mol. The van der Waals surface area contributed by atoms with Gasteiger partial charge in [-0.1, -0.05) is 52.0 Å². The zero-order chi connectivity index (χ0) is 20.7. The van der Waals surface area contributed by atoms with E-state index in [1.807, 2.05) is 30.3 Å². The van der Waals surface area contributed by atoms with Crippen molar-refractivity contribution in [2.75, 3.05) is 0 Å². The Labute approximate surface area is 169 Å². The predicted octanol–water partition coefficient (Wildman–Crippen LogP) is 6.18. The van der Waals surface area contributed by atoms with E-state index in [1.165, 1.54) is 16.9 Å². The second kappa shape index (κ2) is 7.32. The van der Waals surface area contributed by atoms with E-state index in [-0.39, 0.29) is 17.5 Å². The molecule has 0 amide bonds. The van der Waals surface area contributed by atoms with Gasteiger partial charge in [0.25, 0.3) is 0 Å². The molecule has 0 aliphatic heterocycles. The molecule has 0 unspecified atom stereocenters. The summed E-state index contributed by atoms with van der Waals surface area (Å²) in [5.74, 6) is 0.446. The maximum atomic E-state index is 13.6. The molecule has 1 N–H and O–H groups in total. The summed E-state index contributed by atoms with van der Waals surface area (Å²) in [6, 6.07) is 16.2. The highest BCUT2D eigenvalue weighted by Gasteiger charge is 2.19. The molecule has 4 rings (SSSR count). The van der Waals surface area contributed by atoms with Gasteiger partial charge >= 0.3 is 0 Å². The minimum Gasteiger partial charge on any atom is -0.507 e. The van der Waals surface area contributed by atoms with Crippen LogP contribution in [-0.4, -0.2) is 20.1 Å². The van der Waals surface area contributed by atoms with Crippen LogP contribution in [-0.2, 0) is 0 Å². The summed E-state index contributed by atoms with van der Waals surface area (Å²) in [5, 5.41) is 20.0. The summed E-state index contributed by atoms with van der Waals surface area (Å²) in [5.41, 5.74) is 5.50. The van der Waals surface area contributed by atoms with Gasteiger partial charge in [0, 0.05) is 17.2 Å². The van der Waals surface area contributed by atoms with Crippen molar-refractivity contribution in [3.63, 3.8) is 0 Å². The van der Waals surface area contributed by atoms with Gasteiger partial charge in [-0.3, -0.25) is 0 Å². The van der Waals surface area contributed by atoms with Crippen LogP contribution in [0.25, 0.3) is 27.8 Å². The third kappa shape index (κ3) is 3.48. The van der Waals surface area contributed by atoms with Gasteiger partial charge in [0.15, 0.2) is 0 Å². The molecule has 3 aromatic carbocycles. The Kier molecular flexibility index (Phi) is 4.82. The van der Waals surface area contributed by atoms with Gasteiger partial charge in [-0.05, 0) is 47.2 Å². The predicted molar refractivity (Wildman–Crippen MR) is 114 cm³/mol. The molecule has 0 radical (unpaired) electrons. The van der Waals surface area contributed by atoms with Gasteiger partial charge in [-0.2, -0.15) is 0 Å². The Hall–Kier alpha value is -3.21. The van der Waals surface area contributed by atoms with Crippen molar-refractivity contribution in [2.24, 2.45) is 0 Å². The van der Waals surface area contributed by atoms with E-state index in [4.69, 9.17) is 0 Å². The number of hydrogen-bond acceptors (Lipinski definition) is 3. The van der Waals surface area contributed by atoms with E-state index in [2.05, 4.69) is 44.0 Å². The molecule has 0 saturated carbocycles. The number of phenols is 1. The highest BCUT2D eigenvalue weighted by molar-refractivity contribution is 5.80. The van der Waals surface area contributed by atoms with Crippen LogP contribution in [0.1, 0.15) is 50.7 Å². The summed E-state index contributed by atoms with van der Waals surface area (Å²) < 4.78 is 13.6. The minimum atomic E-state index is -0.346. The van der Waals surface area contributed by atoms with E-state index in [9.17, 15) is 9.50 Å². The SMILES string of the molecule is CC(C)c1cc(-c2ccccc2-n2nc3ccc(F)cc3n2)c(O)c(C(C)C)c1. The number of aromatic hydroxyl groups is 1. The van der Waals surface area contributed by atoms with Gasteiger partial charge in [-0.15, -0.1) is 15.0 Å². The van der Waals surface area contributed by atoms with Crippen LogP contribution in [0.15, 0.2) is 54.6 Å². The molecule has 1 aromatic heterocycles. The summed E-state index contributed by atoms with van der Waals surface area (Å²) >= 11 is 0. The lowest BCUT2D eigenvalue weighted by Gasteiger charge is -2.18. The average Bonchev–Trinajstić information content (AvgIpc) is 3.10. The van der Waals surface area contributed by atoms with E-state index >= 15 is 0 Å². The number of nitrogens with zero attached hydrogens (tertiary/aromatic N) is 3. The zero-order valence-electron chi connectivity index (χ0n) is 17.0. The maximum Gasteiger partial charge on any atom is 0.126 e. The first-order valence-corrected chi connectivity index (χ1v) is 9.84. The first-order chi connectivity index (χ1) is 13.8. The molecule has 148 valence electrons. The lowest BCUT2D eigenvalue weighted by molar-refractivity contribution is 0.466. The quantitative estimate of drug-likeness (QED) is 0.453. The lowest BCUT2D eigenvalue weighted by atomic mass is 9.89. The van der Waals surface area contributed by atoms with Crippen molar-refractivity contribution < 1.29 is 9.50 Å². The second-order valence-electron chi connectivity index (χ2n) is 7.96. The maximum absolute atomic E-state index is 13.6. The molecule has 0 bridgehead atoms. The molecule has 29 heavy (non-hydrogen) atoms. The molecule has 0 aliphatic rings. The fourth-order valence-electron chi connectivity index (χ4n) is 3.53. The standard InChI is InChI=1S/C24H24FN3O/c1-14(2)16-11-19(15(3)4)24(29)20(12-16)18-7-5-6-8-23(18)28-26-21-10-9-17(25)13-22(21)27-28/h5-15,29H,1-4H3. The van der Waals surface area contributed by atoms with Crippen molar-refractivity contribution in [3.05, 3.63) is 71.5 Å². The fourth-order valence-corrected chi connectivity index (χ4v) is 3.53. The molecule has 0 fully saturated rings.